The van der Waals surface area contributed by atoms with Crippen molar-refractivity contribution < 1.29 is 0 Å². The maximum atomic E-state index is 4.04. The minimum atomic E-state index is 0.0692. The van der Waals surface area contributed by atoms with Crippen LogP contribution in [0.1, 0.15) is 103 Å². The smallest absolute Gasteiger partial charge is 0.112 e. The molecule has 1 aromatic heterocycles. The molecule has 1 aliphatic heterocycles. The highest BCUT2D eigenvalue weighted by molar-refractivity contribution is 5.95. The van der Waals surface area contributed by atoms with Crippen LogP contribution in [0.25, 0.3) is 33.9 Å². The van der Waals surface area contributed by atoms with Gasteiger partial charge < -0.3 is 5.32 Å². The first-order valence-electron chi connectivity index (χ1n) is 21.5. The molecular weight excluding hydrogens is 701 g/mol. The molecule has 10 rings (SSSR count). The van der Waals surface area contributed by atoms with Crippen LogP contribution in [0.4, 0.5) is 0 Å². The van der Waals surface area contributed by atoms with Crippen LogP contribution in [0, 0.1) is 5.92 Å². The number of benzene rings is 5. The topological polar surface area (TPSA) is 17.0 Å². The van der Waals surface area contributed by atoms with Gasteiger partial charge in [-0.2, -0.15) is 0 Å². The molecule has 0 bridgehead atoms. The van der Waals surface area contributed by atoms with E-state index in [1.807, 2.05) is 0 Å². The first-order valence-corrected chi connectivity index (χ1v) is 21.5. The van der Waals surface area contributed by atoms with Gasteiger partial charge in [0, 0.05) is 28.5 Å². The van der Waals surface area contributed by atoms with Gasteiger partial charge >= 0.3 is 0 Å². The Labute approximate surface area is 344 Å². The van der Waals surface area contributed by atoms with E-state index in [0.717, 1.165) is 37.9 Å². The van der Waals surface area contributed by atoms with Gasteiger partial charge in [0.05, 0.1) is 11.6 Å². The van der Waals surface area contributed by atoms with Gasteiger partial charge in [0.1, 0.15) is 5.82 Å². The number of hydrogen-bond donors (Lipinski definition) is 1. The van der Waals surface area contributed by atoms with Crippen molar-refractivity contribution >= 4 is 22.8 Å². The first kappa shape index (κ1) is 36.2. The zero-order valence-electron chi connectivity index (χ0n) is 33.7. The lowest BCUT2D eigenvalue weighted by atomic mass is 9.71. The van der Waals surface area contributed by atoms with E-state index in [1.165, 1.54) is 66.7 Å². The highest BCUT2D eigenvalue weighted by atomic mass is 15.2. The number of nitrogens with one attached hydrogen (secondary N) is 1. The molecule has 4 unspecified atom stereocenters. The Kier molecular flexibility index (Phi) is 9.79. The molecule has 0 radical (unpaired) electrons. The summed E-state index contributed by atoms with van der Waals surface area (Å²) in [6.45, 7) is 4.86. The van der Waals surface area contributed by atoms with Gasteiger partial charge in [0.25, 0.3) is 0 Å². The Hall–Kier alpha value is -6.12. The fraction of sp³-hybridized carbons (Fsp3) is 0.214. The number of aromatic nitrogens is 1. The fourth-order valence-electron chi connectivity index (χ4n) is 10.3. The van der Waals surface area contributed by atoms with E-state index in [2.05, 4.69) is 206 Å². The van der Waals surface area contributed by atoms with E-state index >= 15 is 0 Å². The Morgan fingerprint density at radius 1 is 0.707 bits per heavy atom. The van der Waals surface area contributed by atoms with Gasteiger partial charge in [0.2, 0.25) is 0 Å². The van der Waals surface area contributed by atoms with Crippen molar-refractivity contribution in [3.8, 4) is 11.1 Å². The summed E-state index contributed by atoms with van der Waals surface area (Å²) < 4.78 is 2.59. The molecule has 5 aromatic carbocycles. The van der Waals surface area contributed by atoms with Gasteiger partial charge in [-0.25, -0.2) is 0 Å². The summed E-state index contributed by atoms with van der Waals surface area (Å²) in [4.78, 5) is 0. The lowest BCUT2D eigenvalue weighted by Crippen LogP contribution is -2.27. The molecule has 2 heteroatoms. The van der Waals surface area contributed by atoms with Crippen LogP contribution in [0.3, 0.4) is 0 Å². The predicted molar refractivity (Wildman–Crippen MR) is 245 cm³/mol. The van der Waals surface area contributed by atoms with Crippen molar-refractivity contribution in [2.24, 2.45) is 5.92 Å². The van der Waals surface area contributed by atoms with Crippen molar-refractivity contribution in [1.82, 2.24) is 9.88 Å². The molecule has 58 heavy (non-hydrogen) atoms. The van der Waals surface area contributed by atoms with E-state index in [4.69, 9.17) is 0 Å². The summed E-state index contributed by atoms with van der Waals surface area (Å²) in [6.07, 6.45) is 24.8. The zero-order chi connectivity index (χ0) is 39.0. The predicted octanol–water partition coefficient (Wildman–Crippen LogP) is 14.4. The van der Waals surface area contributed by atoms with Crippen molar-refractivity contribution in [3.63, 3.8) is 0 Å². The molecule has 2 nitrogen and oxygen atoms in total. The molecule has 0 spiro atoms. The second-order valence-corrected chi connectivity index (χ2v) is 16.8. The molecule has 286 valence electrons. The third-order valence-corrected chi connectivity index (χ3v) is 13.3. The van der Waals surface area contributed by atoms with Crippen LogP contribution >= 0.6 is 0 Å². The molecule has 4 aliphatic rings. The molecule has 0 amide bonds. The Bertz CT molecular complexity index is 2660. The normalized spacial score (nSPS) is 22.0. The zero-order valence-corrected chi connectivity index (χ0v) is 33.7. The van der Waals surface area contributed by atoms with Gasteiger partial charge in [-0.05, 0) is 107 Å². The average molecular weight is 753 g/mol. The number of nitrogens with zero attached hydrogens (tertiary/aromatic N) is 1. The number of dihydropyridines is 1. The quantitative estimate of drug-likeness (QED) is 0.153. The standard InChI is InChI=1S/C56H52N2/c1-38-34-45(32-33-47(38)50-27-13-12-26-48(50)39(2)43-24-16-25-44(35-43)40-18-6-3-7-19-40)49-29-17-30-52-51-28-14-15-31-54(51)58(56(49)52)55-37-46(41-20-8-4-9-21-41)36-53(57-55)42-22-10-5-11-23-42/h3,5-8,10-28,30-31,34-39,47,49,53,57H,4,9,29,32-33H2,1-2H3/t38?,39-,47?,49?,53?/m1/s1. The van der Waals surface area contributed by atoms with Crippen molar-refractivity contribution in [2.45, 2.75) is 69.7 Å². The van der Waals surface area contributed by atoms with E-state index in [1.54, 1.807) is 5.57 Å². The van der Waals surface area contributed by atoms with Crippen LogP contribution in [-0.4, -0.2) is 4.57 Å². The number of hydrogen-bond acceptors (Lipinski definition) is 1. The van der Waals surface area contributed by atoms with Crippen molar-refractivity contribution in [1.29, 1.82) is 0 Å². The number of rotatable bonds is 8. The molecular formula is C56H52N2. The highest BCUT2D eigenvalue weighted by Crippen LogP contribution is 2.49. The van der Waals surface area contributed by atoms with Gasteiger partial charge in [0.15, 0.2) is 0 Å². The second kappa shape index (κ2) is 15.7. The minimum Gasteiger partial charge on any atom is -0.361 e. The number of allylic oxidation sites excluding steroid dienone is 9. The monoisotopic (exact) mass is 752 g/mol. The fourth-order valence-corrected chi connectivity index (χ4v) is 10.3. The molecule has 3 aliphatic carbocycles. The largest absolute Gasteiger partial charge is 0.361 e. The van der Waals surface area contributed by atoms with Crippen molar-refractivity contribution in [3.05, 3.63) is 226 Å². The summed E-state index contributed by atoms with van der Waals surface area (Å²) in [6, 6.07) is 49.3. The summed E-state index contributed by atoms with van der Waals surface area (Å²) in [5.41, 5.74) is 16.4. The maximum absolute atomic E-state index is 4.04. The third kappa shape index (κ3) is 6.75. The second-order valence-electron chi connectivity index (χ2n) is 16.8. The number of para-hydroxylation sites is 1. The lowest BCUT2D eigenvalue weighted by Gasteiger charge is -2.35. The van der Waals surface area contributed by atoms with Gasteiger partial charge in [-0.15, -0.1) is 0 Å². The van der Waals surface area contributed by atoms with E-state index in [0.29, 0.717) is 23.7 Å². The summed E-state index contributed by atoms with van der Waals surface area (Å²) in [7, 11) is 0. The van der Waals surface area contributed by atoms with Crippen LogP contribution in [-0.2, 0) is 0 Å². The van der Waals surface area contributed by atoms with Crippen molar-refractivity contribution in [2.75, 3.05) is 0 Å². The molecule has 6 aromatic rings. The van der Waals surface area contributed by atoms with E-state index < -0.39 is 0 Å². The maximum Gasteiger partial charge on any atom is 0.112 e. The molecule has 2 heterocycles. The van der Waals surface area contributed by atoms with Gasteiger partial charge in [-0.3, -0.25) is 4.57 Å². The highest BCUT2D eigenvalue weighted by Gasteiger charge is 2.34. The van der Waals surface area contributed by atoms with Crippen LogP contribution < -0.4 is 5.32 Å². The van der Waals surface area contributed by atoms with Gasteiger partial charge in [-0.1, -0.05) is 183 Å². The molecule has 0 fully saturated rings. The first-order chi connectivity index (χ1) is 28.6. The van der Waals surface area contributed by atoms with Crippen LogP contribution in [0.2, 0.25) is 0 Å². The van der Waals surface area contributed by atoms with Crippen LogP contribution in [0.5, 0.6) is 0 Å². The minimum absolute atomic E-state index is 0.0692. The summed E-state index contributed by atoms with van der Waals surface area (Å²) in [5.74, 6) is 2.67. The Morgan fingerprint density at radius 3 is 2.31 bits per heavy atom. The van der Waals surface area contributed by atoms with E-state index in [9.17, 15) is 0 Å². The SMILES string of the molecule is CC1C=C(C2CC=Cc3c2n(C2=CC(C4=CCCC=C4)=CC(c4ccccc4)N2)c2ccccc32)CCC1c1ccccc1[C@H](C)c1cccc(-c2ccccc2)c1. The average Bonchev–Trinajstić information content (AvgIpc) is 3.64. The molecule has 5 atom stereocenters. The number of fused-ring (bicyclic) bond motifs is 3. The molecule has 0 saturated carbocycles. The van der Waals surface area contributed by atoms with E-state index in [-0.39, 0.29) is 6.04 Å². The third-order valence-electron chi connectivity index (χ3n) is 13.3. The molecule has 0 saturated heterocycles. The lowest BCUT2D eigenvalue weighted by molar-refractivity contribution is 0.460. The Balaban J connectivity index is 1.01. The van der Waals surface area contributed by atoms with Crippen LogP contribution in [0.15, 0.2) is 193 Å². The molecule has 1 N–H and O–H groups in total. The summed E-state index contributed by atoms with van der Waals surface area (Å²) in [5, 5.41) is 5.37. The summed E-state index contributed by atoms with van der Waals surface area (Å²) >= 11 is 0. The Morgan fingerprint density at radius 2 is 1.48 bits per heavy atom.